The van der Waals surface area contributed by atoms with Gasteiger partial charge >= 0.3 is 5.97 Å². The van der Waals surface area contributed by atoms with E-state index in [1.807, 2.05) is 35.2 Å². The Morgan fingerprint density at radius 1 is 1.28 bits per heavy atom. The summed E-state index contributed by atoms with van der Waals surface area (Å²) in [5.74, 6) is -0.477. The van der Waals surface area contributed by atoms with Crippen LogP contribution in [0.3, 0.4) is 0 Å². The van der Waals surface area contributed by atoms with Gasteiger partial charge in [0.25, 0.3) is 0 Å². The van der Waals surface area contributed by atoms with Crippen LogP contribution in [0.25, 0.3) is 0 Å². The molecule has 2 N–H and O–H groups in total. The fourth-order valence-corrected chi connectivity index (χ4v) is 2.54. The lowest BCUT2D eigenvalue weighted by Gasteiger charge is -2.35. The number of aliphatic carboxylic acids is 1. The average Bonchev–Trinajstić information content (AvgIpc) is 2.40. The monoisotopic (exact) mass is 249 g/mol. The molecule has 2 rings (SSSR count). The molecule has 1 atom stereocenters. The molecule has 4 nitrogen and oxygen atoms in total. The van der Waals surface area contributed by atoms with Gasteiger partial charge in [0.05, 0.1) is 0 Å². The lowest BCUT2D eigenvalue weighted by Crippen LogP contribution is -2.40. The number of nitrogens with zero attached hydrogens (tertiary/aromatic N) is 1. The molecule has 1 aromatic rings. The van der Waals surface area contributed by atoms with Gasteiger partial charge in [-0.05, 0) is 37.4 Å². The van der Waals surface area contributed by atoms with Crippen molar-refractivity contribution in [2.24, 2.45) is 5.92 Å². The van der Waals surface area contributed by atoms with Crippen molar-refractivity contribution < 1.29 is 15.0 Å². The molecule has 0 aromatic heterocycles. The van der Waals surface area contributed by atoms with Gasteiger partial charge in [0, 0.05) is 6.61 Å². The Hall–Kier alpha value is -1.39. The highest BCUT2D eigenvalue weighted by Gasteiger charge is 2.30. The first-order chi connectivity index (χ1) is 8.72. The molecule has 0 saturated carbocycles. The molecule has 1 aliphatic rings. The standard InChI is InChI=1S/C14H19NO3/c16-10-11-6-8-15(9-7-11)13(14(17)18)12-4-2-1-3-5-12/h1-5,11,13,16H,6-10H2,(H,17,18). The van der Waals surface area contributed by atoms with Gasteiger partial charge in [-0.2, -0.15) is 0 Å². The number of hydrogen-bond acceptors (Lipinski definition) is 3. The fraction of sp³-hybridized carbons (Fsp3) is 0.500. The molecule has 1 unspecified atom stereocenters. The SMILES string of the molecule is O=C(O)C(c1ccccc1)N1CCC(CO)CC1. The number of aliphatic hydroxyl groups is 1. The number of rotatable bonds is 4. The second kappa shape index (κ2) is 5.98. The highest BCUT2D eigenvalue weighted by molar-refractivity contribution is 5.75. The highest BCUT2D eigenvalue weighted by Crippen LogP contribution is 2.26. The van der Waals surface area contributed by atoms with Gasteiger partial charge in [0.15, 0.2) is 0 Å². The van der Waals surface area contributed by atoms with Gasteiger partial charge in [-0.3, -0.25) is 9.69 Å². The van der Waals surface area contributed by atoms with Crippen LogP contribution in [0.5, 0.6) is 0 Å². The van der Waals surface area contributed by atoms with Crippen molar-refractivity contribution in [3.8, 4) is 0 Å². The summed E-state index contributed by atoms with van der Waals surface area (Å²) in [5, 5.41) is 18.5. The minimum atomic E-state index is -0.802. The Morgan fingerprint density at radius 3 is 2.39 bits per heavy atom. The molecule has 1 aromatic carbocycles. The second-order valence-electron chi connectivity index (χ2n) is 4.81. The van der Waals surface area contributed by atoms with E-state index < -0.39 is 12.0 Å². The summed E-state index contributed by atoms with van der Waals surface area (Å²) < 4.78 is 0. The van der Waals surface area contributed by atoms with E-state index in [2.05, 4.69) is 0 Å². The normalized spacial score (nSPS) is 19.6. The third-order valence-electron chi connectivity index (χ3n) is 3.62. The molecule has 0 bridgehead atoms. The predicted octanol–water partition coefficient (Wildman–Crippen LogP) is 1.52. The highest BCUT2D eigenvalue weighted by atomic mass is 16.4. The van der Waals surface area contributed by atoms with Crippen molar-refractivity contribution in [2.75, 3.05) is 19.7 Å². The molecule has 0 spiro atoms. The van der Waals surface area contributed by atoms with E-state index in [9.17, 15) is 9.90 Å². The van der Waals surface area contributed by atoms with Gasteiger partial charge in [0.1, 0.15) is 6.04 Å². The lowest BCUT2D eigenvalue weighted by molar-refractivity contribution is -0.144. The number of carbonyl (C=O) groups is 1. The molecule has 4 heteroatoms. The topological polar surface area (TPSA) is 60.8 Å². The molecule has 0 radical (unpaired) electrons. The predicted molar refractivity (Wildman–Crippen MR) is 68.2 cm³/mol. The van der Waals surface area contributed by atoms with Gasteiger partial charge in [-0.15, -0.1) is 0 Å². The van der Waals surface area contributed by atoms with Gasteiger partial charge in [0.2, 0.25) is 0 Å². The van der Waals surface area contributed by atoms with E-state index in [-0.39, 0.29) is 6.61 Å². The van der Waals surface area contributed by atoms with E-state index in [0.717, 1.165) is 31.5 Å². The van der Waals surface area contributed by atoms with Crippen molar-refractivity contribution in [3.63, 3.8) is 0 Å². The van der Waals surface area contributed by atoms with Crippen LogP contribution in [-0.2, 0) is 4.79 Å². The number of aliphatic hydroxyl groups excluding tert-OH is 1. The molecule has 0 aliphatic carbocycles. The van der Waals surface area contributed by atoms with Crippen LogP contribution in [0.1, 0.15) is 24.4 Å². The maximum Gasteiger partial charge on any atom is 0.325 e. The van der Waals surface area contributed by atoms with Crippen LogP contribution in [0.15, 0.2) is 30.3 Å². The molecule has 0 amide bonds. The number of hydrogen-bond donors (Lipinski definition) is 2. The fourth-order valence-electron chi connectivity index (χ4n) is 2.54. The maximum atomic E-state index is 11.5. The zero-order valence-corrected chi connectivity index (χ0v) is 10.3. The number of carboxylic acids is 1. The number of benzene rings is 1. The summed E-state index contributed by atoms with van der Waals surface area (Å²) >= 11 is 0. The first-order valence-corrected chi connectivity index (χ1v) is 6.35. The van der Waals surface area contributed by atoms with Crippen molar-refractivity contribution in [2.45, 2.75) is 18.9 Å². The Kier molecular flexibility index (Phi) is 4.33. The Balaban J connectivity index is 2.10. The van der Waals surface area contributed by atoms with Crippen molar-refractivity contribution in [3.05, 3.63) is 35.9 Å². The molecule has 1 aliphatic heterocycles. The summed E-state index contributed by atoms with van der Waals surface area (Å²) in [6.07, 6.45) is 1.74. The van der Waals surface area contributed by atoms with Gasteiger partial charge < -0.3 is 10.2 Å². The van der Waals surface area contributed by atoms with E-state index in [0.29, 0.717) is 5.92 Å². The third kappa shape index (κ3) is 2.89. The molecule has 1 saturated heterocycles. The smallest absolute Gasteiger partial charge is 0.325 e. The first kappa shape index (κ1) is 13.1. The summed E-state index contributed by atoms with van der Waals surface area (Å²) in [4.78, 5) is 13.4. The Labute approximate surface area is 107 Å². The zero-order chi connectivity index (χ0) is 13.0. The van der Waals surface area contributed by atoms with Crippen molar-refractivity contribution in [1.82, 2.24) is 4.90 Å². The van der Waals surface area contributed by atoms with Crippen LogP contribution in [0, 0.1) is 5.92 Å². The summed E-state index contributed by atoms with van der Waals surface area (Å²) in [5.41, 5.74) is 0.826. The molecule has 1 heterocycles. The van der Waals surface area contributed by atoms with Crippen LogP contribution in [-0.4, -0.2) is 40.8 Å². The second-order valence-corrected chi connectivity index (χ2v) is 4.81. The van der Waals surface area contributed by atoms with Gasteiger partial charge in [-0.25, -0.2) is 0 Å². The number of piperidine rings is 1. The number of carboxylic acid groups (broad SMARTS) is 1. The minimum Gasteiger partial charge on any atom is -0.480 e. The summed E-state index contributed by atoms with van der Waals surface area (Å²) in [6.45, 7) is 1.67. The van der Waals surface area contributed by atoms with Crippen molar-refractivity contribution in [1.29, 1.82) is 0 Å². The third-order valence-corrected chi connectivity index (χ3v) is 3.62. The van der Waals surface area contributed by atoms with Crippen LogP contribution in [0.4, 0.5) is 0 Å². The zero-order valence-electron chi connectivity index (χ0n) is 10.3. The molecule has 18 heavy (non-hydrogen) atoms. The van der Waals surface area contributed by atoms with Crippen molar-refractivity contribution >= 4 is 5.97 Å². The minimum absolute atomic E-state index is 0.205. The van der Waals surface area contributed by atoms with Gasteiger partial charge in [-0.1, -0.05) is 30.3 Å². The largest absolute Gasteiger partial charge is 0.480 e. The Morgan fingerprint density at radius 2 is 1.89 bits per heavy atom. The molecule has 1 fully saturated rings. The summed E-state index contributed by atoms with van der Waals surface area (Å²) in [6, 6.07) is 8.77. The summed E-state index contributed by atoms with van der Waals surface area (Å²) in [7, 11) is 0. The van der Waals surface area contributed by atoms with Crippen LogP contribution < -0.4 is 0 Å². The maximum absolute atomic E-state index is 11.5. The lowest BCUT2D eigenvalue weighted by atomic mass is 9.95. The van der Waals surface area contributed by atoms with E-state index in [1.165, 1.54) is 0 Å². The molecular weight excluding hydrogens is 230 g/mol. The van der Waals surface area contributed by atoms with E-state index in [1.54, 1.807) is 0 Å². The van der Waals surface area contributed by atoms with Crippen LogP contribution in [0.2, 0.25) is 0 Å². The van der Waals surface area contributed by atoms with E-state index >= 15 is 0 Å². The number of likely N-dealkylation sites (tertiary alicyclic amines) is 1. The quantitative estimate of drug-likeness (QED) is 0.849. The Bertz CT molecular complexity index is 385. The van der Waals surface area contributed by atoms with E-state index in [4.69, 9.17) is 5.11 Å². The van der Waals surface area contributed by atoms with Crippen LogP contribution >= 0.6 is 0 Å². The molecule has 98 valence electrons. The first-order valence-electron chi connectivity index (χ1n) is 6.35. The average molecular weight is 249 g/mol. The molecular formula is C14H19NO3.